The number of pyridine rings is 1. The number of aromatic nitrogens is 3. The Balaban J connectivity index is 1.79. The highest BCUT2D eigenvalue weighted by molar-refractivity contribution is 5.71. The molecule has 3 rings (SSSR count). The lowest BCUT2D eigenvalue weighted by atomic mass is 9.94. The van der Waals surface area contributed by atoms with Gasteiger partial charge in [0, 0.05) is 12.5 Å². The van der Waals surface area contributed by atoms with Crippen LogP contribution in [0.5, 0.6) is 5.88 Å². The van der Waals surface area contributed by atoms with E-state index in [4.69, 9.17) is 4.74 Å². The van der Waals surface area contributed by atoms with Crippen molar-refractivity contribution in [2.75, 3.05) is 20.2 Å². The van der Waals surface area contributed by atoms with Gasteiger partial charge in [-0.15, -0.1) is 0 Å². The van der Waals surface area contributed by atoms with Crippen molar-refractivity contribution in [2.24, 2.45) is 5.92 Å². The fraction of sp³-hybridized carbons (Fsp3) is 0.538. The summed E-state index contributed by atoms with van der Waals surface area (Å²) in [7, 11) is 1.62. The second-order valence-corrected chi connectivity index (χ2v) is 4.81. The summed E-state index contributed by atoms with van der Waals surface area (Å²) in [6.07, 6.45) is 3.47. The lowest BCUT2D eigenvalue weighted by Gasteiger charge is -2.21. The largest absolute Gasteiger partial charge is 0.481 e. The second-order valence-electron chi connectivity index (χ2n) is 4.81. The van der Waals surface area contributed by atoms with E-state index >= 15 is 0 Å². The molecule has 2 aromatic heterocycles. The molecular formula is C13H18N4O. The smallest absolute Gasteiger partial charge is 0.215 e. The molecule has 0 spiro atoms. The van der Waals surface area contributed by atoms with Crippen LogP contribution < -0.4 is 10.1 Å². The Morgan fingerprint density at radius 1 is 1.28 bits per heavy atom. The lowest BCUT2D eigenvalue weighted by molar-refractivity contribution is 0.368. The van der Waals surface area contributed by atoms with Crippen molar-refractivity contribution < 1.29 is 4.74 Å². The summed E-state index contributed by atoms with van der Waals surface area (Å²) in [5.74, 6) is 2.38. The Morgan fingerprint density at radius 3 is 2.89 bits per heavy atom. The lowest BCUT2D eigenvalue weighted by Crippen LogP contribution is -2.28. The molecule has 18 heavy (non-hydrogen) atoms. The molecule has 0 aromatic carbocycles. The average molecular weight is 246 g/mol. The Morgan fingerprint density at radius 2 is 2.11 bits per heavy atom. The molecule has 1 aliphatic heterocycles. The minimum absolute atomic E-state index is 0.613. The Bertz CT molecular complexity index is 531. The van der Waals surface area contributed by atoms with Gasteiger partial charge in [0.25, 0.3) is 0 Å². The molecule has 1 fully saturated rings. The molecule has 96 valence electrons. The van der Waals surface area contributed by atoms with E-state index in [2.05, 4.69) is 20.3 Å². The number of methoxy groups -OCH3 is 1. The molecule has 2 aromatic rings. The normalized spacial score (nSPS) is 17.2. The van der Waals surface area contributed by atoms with Gasteiger partial charge < -0.3 is 15.0 Å². The maximum atomic E-state index is 5.11. The zero-order valence-electron chi connectivity index (χ0n) is 10.6. The van der Waals surface area contributed by atoms with Gasteiger partial charge >= 0.3 is 0 Å². The second kappa shape index (κ2) is 4.94. The number of fused-ring (bicyclic) bond motifs is 1. The molecule has 0 aliphatic carbocycles. The SMILES string of the molecule is COc1ccc2[nH]c(CC3CCNCC3)nc2n1. The minimum atomic E-state index is 0.613. The Kier molecular flexibility index (Phi) is 3.15. The van der Waals surface area contributed by atoms with Gasteiger partial charge in [0.15, 0.2) is 5.65 Å². The molecular weight excluding hydrogens is 228 g/mol. The van der Waals surface area contributed by atoms with E-state index in [1.54, 1.807) is 7.11 Å². The first-order valence-electron chi connectivity index (χ1n) is 6.45. The van der Waals surface area contributed by atoms with E-state index in [1.807, 2.05) is 12.1 Å². The van der Waals surface area contributed by atoms with E-state index < -0.39 is 0 Å². The van der Waals surface area contributed by atoms with Crippen LogP contribution in [0, 0.1) is 5.92 Å². The van der Waals surface area contributed by atoms with Crippen molar-refractivity contribution >= 4 is 11.2 Å². The molecule has 0 unspecified atom stereocenters. The van der Waals surface area contributed by atoms with Gasteiger partial charge in [-0.05, 0) is 37.9 Å². The molecule has 0 atom stereocenters. The van der Waals surface area contributed by atoms with E-state index in [-0.39, 0.29) is 0 Å². The highest BCUT2D eigenvalue weighted by atomic mass is 16.5. The third-order valence-corrected chi connectivity index (χ3v) is 3.52. The maximum absolute atomic E-state index is 5.11. The molecule has 2 N–H and O–H groups in total. The number of hydrogen-bond acceptors (Lipinski definition) is 4. The number of hydrogen-bond donors (Lipinski definition) is 2. The summed E-state index contributed by atoms with van der Waals surface area (Å²) >= 11 is 0. The number of imidazole rings is 1. The van der Waals surface area contributed by atoms with Crippen LogP contribution in [-0.4, -0.2) is 35.2 Å². The molecule has 5 heteroatoms. The minimum Gasteiger partial charge on any atom is -0.481 e. The van der Waals surface area contributed by atoms with Gasteiger partial charge in [-0.1, -0.05) is 0 Å². The van der Waals surface area contributed by atoms with Crippen LogP contribution in [0.1, 0.15) is 18.7 Å². The number of rotatable bonds is 3. The van der Waals surface area contributed by atoms with Crippen LogP contribution in [0.15, 0.2) is 12.1 Å². The standard InChI is InChI=1S/C13H18N4O/c1-18-12-3-2-10-13(17-12)16-11(15-10)8-9-4-6-14-7-5-9/h2-3,9,14H,4-8H2,1H3,(H,15,16,17). The highest BCUT2D eigenvalue weighted by Crippen LogP contribution is 2.19. The molecule has 3 heterocycles. The predicted molar refractivity (Wildman–Crippen MR) is 69.7 cm³/mol. The van der Waals surface area contributed by atoms with E-state index in [0.29, 0.717) is 5.88 Å². The Labute approximate surface area is 106 Å². The van der Waals surface area contributed by atoms with Gasteiger partial charge in [-0.3, -0.25) is 0 Å². The zero-order chi connectivity index (χ0) is 12.4. The van der Waals surface area contributed by atoms with E-state index in [0.717, 1.165) is 42.4 Å². The molecule has 0 saturated carbocycles. The number of nitrogens with one attached hydrogen (secondary N) is 2. The molecule has 0 bridgehead atoms. The van der Waals surface area contributed by atoms with Crippen molar-refractivity contribution in [3.05, 3.63) is 18.0 Å². The summed E-state index contributed by atoms with van der Waals surface area (Å²) in [6.45, 7) is 2.24. The van der Waals surface area contributed by atoms with Gasteiger partial charge in [0.05, 0.1) is 12.6 Å². The molecule has 5 nitrogen and oxygen atoms in total. The van der Waals surface area contributed by atoms with Crippen molar-refractivity contribution in [1.29, 1.82) is 0 Å². The van der Waals surface area contributed by atoms with Crippen LogP contribution in [0.2, 0.25) is 0 Å². The van der Waals surface area contributed by atoms with Crippen molar-refractivity contribution in [2.45, 2.75) is 19.3 Å². The van der Waals surface area contributed by atoms with Crippen molar-refractivity contribution in [3.63, 3.8) is 0 Å². The highest BCUT2D eigenvalue weighted by Gasteiger charge is 2.15. The molecule has 0 radical (unpaired) electrons. The van der Waals surface area contributed by atoms with Gasteiger partial charge in [-0.25, -0.2) is 4.98 Å². The van der Waals surface area contributed by atoms with Gasteiger partial charge in [-0.2, -0.15) is 4.98 Å². The maximum Gasteiger partial charge on any atom is 0.215 e. The first kappa shape index (κ1) is 11.5. The zero-order valence-corrected chi connectivity index (χ0v) is 10.6. The first-order valence-corrected chi connectivity index (χ1v) is 6.45. The van der Waals surface area contributed by atoms with Gasteiger partial charge in [0.2, 0.25) is 5.88 Å². The number of aromatic amines is 1. The fourth-order valence-corrected chi connectivity index (χ4v) is 2.49. The summed E-state index contributed by atoms with van der Waals surface area (Å²) in [6, 6.07) is 3.83. The third-order valence-electron chi connectivity index (χ3n) is 3.52. The summed E-state index contributed by atoms with van der Waals surface area (Å²) in [4.78, 5) is 12.2. The number of nitrogens with zero attached hydrogens (tertiary/aromatic N) is 2. The Hall–Kier alpha value is -1.62. The molecule has 1 aliphatic rings. The predicted octanol–water partition coefficient (Wildman–Crippen LogP) is 1.51. The van der Waals surface area contributed by atoms with Crippen LogP contribution in [0.3, 0.4) is 0 Å². The summed E-state index contributed by atoms with van der Waals surface area (Å²) in [5.41, 5.74) is 1.73. The van der Waals surface area contributed by atoms with Crippen molar-refractivity contribution in [3.8, 4) is 5.88 Å². The topological polar surface area (TPSA) is 62.8 Å². The van der Waals surface area contributed by atoms with Crippen LogP contribution in [0.25, 0.3) is 11.2 Å². The van der Waals surface area contributed by atoms with E-state index in [1.165, 1.54) is 12.8 Å². The number of H-pyrrole nitrogens is 1. The third kappa shape index (κ3) is 2.31. The molecule has 0 amide bonds. The number of ether oxygens (including phenoxy) is 1. The summed E-state index contributed by atoms with van der Waals surface area (Å²) < 4.78 is 5.11. The first-order chi connectivity index (χ1) is 8.85. The average Bonchev–Trinajstić information content (AvgIpc) is 2.80. The van der Waals surface area contributed by atoms with E-state index in [9.17, 15) is 0 Å². The monoisotopic (exact) mass is 246 g/mol. The quantitative estimate of drug-likeness (QED) is 0.861. The fourth-order valence-electron chi connectivity index (χ4n) is 2.49. The van der Waals surface area contributed by atoms with Crippen LogP contribution >= 0.6 is 0 Å². The van der Waals surface area contributed by atoms with Crippen LogP contribution in [-0.2, 0) is 6.42 Å². The van der Waals surface area contributed by atoms with Gasteiger partial charge in [0.1, 0.15) is 5.82 Å². The summed E-state index contributed by atoms with van der Waals surface area (Å²) in [5, 5.41) is 3.38. The van der Waals surface area contributed by atoms with Crippen molar-refractivity contribution in [1.82, 2.24) is 20.3 Å². The number of piperidine rings is 1. The van der Waals surface area contributed by atoms with Crippen LogP contribution in [0.4, 0.5) is 0 Å². The molecule has 1 saturated heterocycles.